The molecule has 0 saturated carbocycles. The first kappa shape index (κ1) is 24.2. The van der Waals surface area contributed by atoms with E-state index < -0.39 is 34.6 Å². The molecule has 0 aliphatic carbocycles. The average molecular weight is 386 g/mol. The number of allylic oxidation sites excluding steroid dienone is 2. The van der Waals surface area contributed by atoms with Gasteiger partial charge in [0.15, 0.2) is 0 Å². The molecule has 152 valence electrons. The van der Waals surface area contributed by atoms with Gasteiger partial charge in [-0.1, -0.05) is 26.7 Å². The predicted molar refractivity (Wildman–Crippen MR) is 96.1 cm³/mol. The van der Waals surface area contributed by atoms with Crippen molar-refractivity contribution in [3.63, 3.8) is 0 Å². The van der Waals surface area contributed by atoms with E-state index in [-0.39, 0.29) is 23.2 Å². The summed E-state index contributed by atoms with van der Waals surface area (Å²) in [5, 5.41) is 39.2. The summed E-state index contributed by atoms with van der Waals surface area (Å²) >= 11 is 0. The number of hydrogen-bond acceptors (Lipinski definition) is 6. The number of carboxylic acid groups (broad SMARTS) is 2. The van der Waals surface area contributed by atoms with Crippen LogP contribution in [0.3, 0.4) is 0 Å². The van der Waals surface area contributed by atoms with Gasteiger partial charge in [0.05, 0.1) is 9.85 Å². The van der Waals surface area contributed by atoms with Crippen LogP contribution in [0.15, 0.2) is 23.5 Å². The first-order valence-corrected chi connectivity index (χ1v) is 8.70. The minimum atomic E-state index is -1.27. The van der Waals surface area contributed by atoms with E-state index in [4.69, 9.17) is 10.2 Å². The second-order valence-corrected chi connectivity index (χ2v) is 6.30. The highest BCUT2D eigenvalue weighted by Crippen LogP contribution is 2.26. The Labute approximate surface area is 156 Å². The topological polar surface area (TPSA) is 161 Å². The minimum absolute atomic E-state index is 0.0608. The van der Waals surface area contributed by atoms with E-state index in [1.807, 2.05) is 13.8 Å². The Morgan fingerprint density at radius 1 is 0.852 bits per heavy atom. The van der Waals surface area contributed by atoms with E-state index in [9.17, 15) is 29.8 Å². The molecule has 0 saturated heterocycles. The van der Waals surface area contributed by atoms with Crippen molar-refractivity contribution in [2.45, 2.75) is 58.8 Å². The Hall–Kier alpha value is -2.78. The SMILES string of the molecule is CCC(C/C=C(/CC(=O)O)[N+](=O)[O-])CC(CC)C/C=C(/CC(=O)O)[N+](=O)[O-]. The molecule has 0 radical (unpaired) electrons. The van der Waals surface area contributed by atoms with Gasteiger partial charge in [-0.15, -0.1) is 0 Å². The fourth-order valence-electron chi connectivity index (χ4n) is 2.67. The molecule has 10 nitrogen and oxygen atoms in total. The lowest BCUT2D eigenvalue weighted by Crippen LogP contribution is -2.11. The molecule has 0 bridgehead atoms. The van der Waals surface area contributed by atoms with Crippen molar-refractivity contribution < 1.29 is 29.6 Å². The van der Waals surface area contributed by atoms with Crippen LogP contribution in [0.2, 0.25) is 0 Å². The van der Waals surface area contributed by atoms with Crippen LogP contribution < -0.4 is 0 Å². The highest BCUT2D eigenvalue weighted by molar-refractivity contribution is 5.69. The zero-order valence-corrected chi connectivity index (χ0v) is 15.5. The Morgan fingerprint density at radius 3 is 1.41 bits per heavy atom. The zero-order valence-electron chi connectivity index (χ0n) is 15.5. The van der Waals surface area contributed by atoms with Gasteiger partial charge in [-0.3, -0.25) is 29.8 Å². The normalized spacial score (nSPS) is 14.4. The molecule has 2 atom stereocenters. The molecule has 0 aromatic carbocycles. The van der Waals surface area contributed by atoms with Crippen molar-refractivity contribution in [3.05, 3.63) is 43.8 Å². The summed E-state index contributed by atoms with van der Waals surface area (Å²) in [7, 11) is 0. The third-order valence-electron chi connectivity index (χ3n) is 4.33. The molecule has 0 rings (SSSR count). The first-order valence-electron chi connectivity index (χ1n) is 8.70. The molecular formula is C17H26N2O8. The molecule has 0 fully saturated rings. The zero-order chi connectivity index (χ0) is 21.0. The van der Waals surface area contributed by atoms with E-state index in [2.05, 4.69) is 0 Å². The van der Waals surface area contributed by atoms with Crippen molar-refractivity contribution in [1.29, 1.82) is 0 Å². The molecule has 2 N–H and O–H groups in total. The van der Waals surface area contributed by atoms with Gasteiger partial charge in [0, 0.05) is 0 Å². The average Bonchev–Trinajstić information content (AvgIpc) is 2.57. The van der Waals surface area contributed by atoms with Crippen molar-refractivity contribution in [1.82, 2.24) is 0 Å². The van der Waals surface area contributed by atoms with E-state index in [0.29, 0.717) is 32.1 Å². The van der Waals surface area contributed by atoms with Crippen molar-refractivity contribution in [3.8, 4) is 0 Å². The first-order chi connectivity index (χ1) is 12.6. The van der Waals surface area contributed by atoms with E-state index in [0.717, 1.165) is 0 Å². The molecule has 27 heavy (non-hydrogen) atoms. The number of nitrogens with zero attached hydrogens (tertiary/aromatic N) is 2. The third-order valence-corrected chi connectivity index (χ3v) is 4.33. The van der Waals surface area contributed by atoms with Crippen LogP contribution in [0, 0.1) is 32.1 Å². The molecule has 0 aliphatic heterocycles. The smallest absolute Gasteiger partial charge is 0.314 e. The highest BCUT2D eigenvalue weighted by atomic mass is 16.6. The molecule has 0 heterocycles. The molecule has 0 spiro atoms. The monoisotopic (exact) mass is 386 g/mol. The van der Waals surface area contributed by atoms with Crippen molar-refractivity contribution in [2.24, 2.45) is 11.8 Å². The van der Waals surface area contributed by atoms with Gasteiger partial charge in [-0.2, -0.15) is 0 Å². The lowest BCUT2D eigenvalue weighted by atomic mass is 9.86. The summed E-state index contributed by atoms with van der Waals surface area (Å²) in [4.78, 5) is 41.8. The second-order valence-electron chi connectivity index (χ2n) is 6.30. The standard InChI is InChI=1S/C17H26N2O8/c1-3-12(5-7-14(18(24)25)10-16(20)21)9-13(4-2)6-8-15(19(26)27)11-17(22)23/h7-8,12-13H,3-6,9-11H2,1-2H3,(H,20,21)(H,22,23)/b14-7-,15-8-. The predicted octanol–water partition coefficient (Wildman–Crippen LogP) is 3.48. The molecule has 0 amide bonds. The molecule has 0 aromatic heterocycles. The number of carbonyl (C=O) groups is 2. The van der Waals surface area contributed by atoms with Crippen LogP contribution in [0.5, 0.6) is 0 Å². The summed E-state index contributed by atoms with van der Waals surface area (Å²) in [6.07, 6.45) is 4.13. The highest BCUT2D eigenvalue weighted by Gasteiger charge is 2.20. The Balaban J connectivity index is 5.02. The van der Waals surface area contributed by atoms with Gasteiger partial charge in [-0.05, 0) is 43.3 Å². The number of carboxylic acids is 2. The summed E-state index contributed by atoms with van der Waals surface area (Å²) in [5.41, 5.74) is -0.711. The maximum atomic E-state index is 10.9. The van der Waals surface area contributed by atoms with Gasteiger partial charge in [0.25, 0.3) is 11.4 Å². The van der Waals surface area contributed by atoms with E-state index >= 15 is 0 Å². The van der Waals surface area contributed by atoms with Gasteiger partial charge < -0.3 is 10.2 Å². The lowest BCUT2D eigenvalue weighted by molar-refractivity contribution is -0.427. The molecule has 0 aromatic rings. The molecule has 2 unspecified atom stereocenters. The van der Waals surface area contributed by atoms with Gasteiger partial charge in [-0.25, -0.2) is 0 Å². The van der Waals surface area contributed by atoms with E-state index in [1.165, 1.54) is 12.2 Å². The largest absolute Gasteiger partial charge is 0.481 e. The second kappa shape index (κ2) is 12.6. The quantitative estimate of drug-likeness (QED) is 0.339. The minimum Gasteiger partial charge on any atom is -0.481 e. The van der Waals surface area contributed by atoms with Gasteiger partial charge in [0.2, 0.25) is 0 Å². The fraction of sp³-hybridized carbons (Fsp3) is 0.647. The Kier molecular flexibility index (Phi) is 11.3. The van der Waals surface area contributed by atoms with E-state index in [1.54, 1.807) is 0 Å². The number of hydrogen-bond donors (Lipinski definition) is 2. The number of aliphatic carboxylic acids is 2. The van der Waals surface area contributed by atoms with Crippen LogP contribution >= 0.6 is 0 Å². The third kappa shape index (κ3) is 10.7. The lowest BCUT2D eigenvalue weighted by Gasteiger charge is -2.19. The summed E-state index contributed by atoms with van der Waals surface area (Å²) in [6.45, 7) is 3.83. The summed E-state index contributed by atoms with van der Waals surface area (Å²) in [5.74, 6) is -2.42. The van der Waals surface area contributed by atoms with Crippen LogP contribution in [0.25, 0.3) is 0 Å². The summed E-state index contributed by atoms with van der Waals surface area (Å²) < 4.78 is 0. The van der Waals surface area contributed by atoms with Crippen LogP contribution in [0.1, 0.15) is 58.8 Å². The van der Waals surface area contributed by atoms with Crippen molar-refractivity contribution in [2.75, 3.05) is 0 Å². The maximum Gasteiger partial charge on any atom is 0.314 e. The van der Waals surface area contributed by atoms with Crippen molar-refractivity contribution >= 4 is 11.9 Å². The van der Waals surface area contributed by atoms with Crippen LogP contribution in [-0.4, -0.2) is 32.0 Å². The number of rotatable bonds is 14. The maximum absolute atomic E-state index is 10.9. The molecule has 10 heteroatoms. The summed E-state index contributed by atoms with van der Waals surface area (Å²) in [6, 6.07) is 0. The van der Waals surface area contributed by atoms with Gasteiger partial charge >= 0.3 is 11.9 Å². The number of nitro groups is 2. The fourth-order valence-corrected chi connectivity index (χ4v) is 2.67. The Morgan fingerprint density at radius 2 is 1.19 bits per heavy atom. The molecular weight excluding hydrogens is 360 g/mol. The Bertz CT molecular complexity index is 560. The van der Waals surface area contributed by atoms with Gasteiger partial charge in [0.1, 0.15) is 12.8 Å². The van der Waals surface area contributed by atoms with Crippen LogP contribution in [-0.2, 0) is 9.59 Å². The van der Waals surface area contributed by atoms with Crippen LogP contribution in [0.4, 0.5) is 0 Å². The molecule has 0 aliphatic rings.